The van der Waals surface area contributed by atoms with Crippen molar-refractivity contribution in [2.45, 2.75) is 24.0 Å². The van der Waals surface area contributed by atoms with Gasteiger partial charge in [-0.05, 0) is 66.4 Å². The molecule has 1 N–H and O–H groups in total. The molecule has 3 aromatic rings. The molecule has 1 unspecified atom stereocenters. The minimum atomic E-state index is -3.41. The fourth-order valence-corrected chi connectivity index (χ4v) is 5.18. The Morgan fingerprint density at radius 1 is 0.968 bits per heavy atom. The summed E-state index contributed by atoms with van der Waals surface area (Å²) in [6, 6.07) is 23.0. The van der Waals surface area contributed by atoms with Crippen LogP contribution in [0.25, 0.3) is 0 Å². The standard InChI is InChI=1S/C25H26N2O3S/c1-19-15-16-27(17-19)23-13-11-22(12-14-23)26-25(28)21-9-7-20(8-10-21)18-31(29,30)24-5-3-2-4-6-24/h2-14,19H,15-18H2,1H3,(H,26,28). The van der Waals surface area contributed by atoms with Crippen LogP contribution in [0.1, 0.15) is 29.3 Å². The van der Waals surface area contributed by atoms with Gasteiger partial charge in [0.15, 0.2) is 9.84 Å². The van der Waals surface area contributed by atoms with Crippen molar-refractivity contribution in [3.05, 3.63) is 90.0 Å². The number of nitrogens with one attached hydrogen (secondary N) is 1. The topological polar surface area (TPSA) is 66.5 Å². The third-order valence-corrected chi connectivity index (χ3v) is 7.29. The summed E-state index contributed by atoms with van der Waals surface area (Å²) in [5.41, 5.74) is 3.03. The predicted molar refractivity (Wildman–Crippen MR) is 124 cm³/mol. The van der Waals surface area contributed by atoms with E-state index in [9.17, 15) is 13.2 Å². The highest BCUT2D eigenvalue weighted by Gasteiger charge is 2.19. The molecule has 1 heterocycles. The molecule has 0 saturated carbocycles. The van der Waals surface area contributed by atoms with E-state index >= 15 is 0 Å². The normalized spacial score (nSPS) is 16.3. The molecular weight excluding hydrogens is 408 g/mol. The number of rotatable bonds is 6. The van der Waals surface area contributed by atoms with Gasteiger partial charge in [-0.25, -0.2) is 8.42 Å². The van der Waals surface area contributed by atoms with E-state index in [2.05, 4.69) is 17.1 Å². The van der Waals surface area contributed by atoms with Gasteiger partial charge in [0.25, 0.3) is 5.91 Å². The van der Waals surface area contributed by atoms with Crippen molar-refractivity contribution in [1.29, 1.82) is 0 Å². The zero-order valence-corrected chi connectivity index (χ0v) is 18.3. The summed E-state index contributed by atoms with van der Waals surface area (Å²) in [5, 5.41) is 2.90. The Bertz CT molecular complexity index is 1140. The molecule has 4 rings (SSSR count). The van der Waals surface area contributed by atoms with Gasteiger partial charge in [0.2, 0.25) is 0 Å². The average Bonchev–Trinajstić information content (AvgIpc) is 3.21. The first-order valence-electron chi connectivity index (χ1n) is 10.4. The number of anilines is 2. The first-order valence-corrected chi connectivity index (χ1v) is 12.1. The monoisotopic (exact) mass is 434 g/mol. The van der Waals surface area contributed by atoms with E-state index < -0.39 is 9.84 Å². The molecule has 1 atom stereocenters. The van der Waals surface area contributed by atoms with Gasteiger partial charge in [0, 0.05) is 30.0 Å². The highest BCUT2D eigenvalue weighted by molar-refractivity contribution is 7.90. The summed E-state index contributed by atoms with van der Waals surface area (Å²) in [6.45, 7) is 4.40. The number of hydrogen-bond donors (Lipinski definition) is 1. The van der Waals surface area contributed by atoms with Crippen molar-refractivity contribution in [2.75, 3.05) is 23.3 Å². The highest BCUT2D eigenvalue weighted by Crippen LogP contribution is 2.25. The van der Waals surface area contributed by atoms with Gasteiger partial charge in [-0.1, -0.05) is 37.3 Å². The maximum atomic E-state index is 12.6. The summed E-state index contributed by atoms with van der Waals surface area (Å²) < 4.78 is 25.0. The van der Waals surface area contributed by atoms with Gasteiger partial charge in [-0.3, -0.25) is 4.79 Å². The predicted octanol–water partition coefficient (Wildman–Crippen LogP) is 4.76. The van der Waals surface area contributed by atoms with Crippen LogP contribution >= 0.6 is 0 Å². The van der Waals surface area contributed by atoms with Crippen LogP contribution in [0.4, 0.5) is 11.4 Å². The fourth-order valence-electron chi connectivity index (χ4n) is 3.81. The Balaban J connectivity index is 1.38. The molecule has 0 aromatic heterocycles. The Kier molecular flexibility index (Phi) is 6.09. The summed E-state index contributed by atoms with van der Waals surface area (Å²) in [4.78, 5) is 15.2. The Morgan fingerprint density at radius 2 is 1.65 bits per heavy atom. The molecule has 160 valence electrons. The molecule has 0 spiro atoms. The maximum Gasteiger partial charge on any atom is 0.255 e. The lowest BCUT2D eigenvalue weighted by molar-refractivity contribution is 0.102. The first kappa shape index (κ1) is 21.1. The lowest BCUT2D eigenvalue weighted by Gasteiger charge is -2.18. The van der Waals surface area contributed by atoms with Crippen LogP contribution in [-0.4, -0.2) is 27.4 Å². The second kappa shape index (κ2) is 8.94. The number of carbonyl (C=O) groups is 1. The van der Waals surface area contributed by atoms with Crippen molar-refractivity contribution in [3.8, 4) is 0 Å². The van der Waals surface area contributed by atoms with E-state index in [1.54, 1.807) is 54.6 Å². The van der Waals surface area contributed by atoms with Gasteiger partial charge >= 0.3 is 0 Å². The average molecular weight is 435 g/mol. The van der Waals surface area contributed by atoms with Crippen LogP contribution in [0.15, 0.2) is 83.8 Å². The van der Waals surface area contributed by atoms with Gasteiger partial charge in [0.05, 0.1) is 10.6 Å². The van der Waals surface area contributed by atoms with Crippen molar-refractivity contribution in [3.63, 3.8) is 0 Å². The Morgan fingerprint density at radius 3 is 2.26 bits per heavy atom. The summed E-state index contributed by atoms with van der Waals surface area (Å²) in [6.07, 6.45) is 1.21. The molecule has 31 heavy (non-hydrogen) atoms. The van der Waals surface area contributed by atoms with Crippen LogP contribution in [0, 0.1) is 5.92 Å². The van der Waals surface area contributed by atoms with E-state index in [4.69, 9.17) is 0 Å². The zero-order valence-electron chi connectivity index (χ0n) is 17.5. The largest absolute Gasteiger partial charge is 0.371 e. The Hall–Kier alpha value is -3.12. The quantitative estimate of drug-likeness (QED) is 0.608. The fraction of sp³-hybridized carbons (Fsp3) is 0.240. The number of hydrogen-bond acceptors (Lipinski definition) is 4. The van der Waals surface area contributed by atoms with Gasteiger partial charge < -0.3 is 10.2 Å². The van der Waals surface area contributed by atoms with Crippen LogP contribution in [-0.2, 0) is 15.6 Å². The van der Waals surface area contributed by atoms with Gasteiger partial charge in [-0.15, -0.1) is 0 Å². The number of carbonyl (C=O) groups excluding carboxylic acids is 1. The number of nitrogens with zero attached hydrogens (tertiary/aromatic N) is 1. The SMILES string of the molecule is CC1CCN(c2ccc(NC(=O)c3ccc(CS(=O)(=O)c4ccccc4)cc3)cc2)C1. The molecule has 0 bridgehead atoms. The molecule has 1 saturated heterocycles. The molecule has 0 aliphatic carbocycles. The van der Waals surface area contributed by atoms with E-state index in [-0.39, 0.29) is 11.7 Å². The van der Waals surface area contributed by atoms with Crippen molar-refractivity contribution in [2.24, 2.45) is 5.92 Å². The van der Waals surface area contributed by atoms with E-state index in [1.165, 1.54) is 12.1 Å². The molecule has 6 heteroatoms. The summed E-state index contributed by atoms with van der Waals surface area (Å²) in [5.74, 6) is 0.389. The first-order chi connectivity index (χ1) is 14.9. The molecule has 0 radical (unpaired) electrons. The highest BCUT2D eigenvalue weighted by atomic mass is 32.2. The number of sulfone groups is 1. The van der Waals surface area contributed by atoms with Crippen molar-refractivity contribution in [1.82, 2.24) is 0 Å². The minimum Gasteiger partial charge on any atom is -0.371 e. The minimum absolute atomic E-state index is 0.102. The van der Waals surface area contributed by atoms with E-state index in [0.29, 0.717) is 21.9 Å². The van der Waals surface area contributed by atoms with Crippen LogP contribution in [0.5, 0.6) is 0 Å². The molecule has 5 nitrogen and oxygen atoms in total. The third-order valence-electron chi connectivity index (χ3n) is 5.59. The van der Waals surface area contributed by atoms with Gasteiger partial charge in [0.1, 0.15) is 0 Å². The van der Waals surface area contributed by atoms with Crippen LogP contribution in [0.2, 0.25) is 0 Å². The number of benzene rings is 3. The molecule has 1 amide bonds. The van der Waals surface area contributed by atoms with E-state index in [1.807, 2.05) is 24.3 Å². The smallest absolute Gasteiger partial charge is 0.255 e. The Labute approximate surface area is 183 Å². The lowest BCUT2D eigenvalue weighted by atomic mass is 10.1. The molecular formula is C25H26N2O3S. The van der Waals surface area contributed by atoms with Crippen LogP contribution < -0.4 is 10.2 Å². The third kappa shape index (κ3) is 5.14. The summed E-state index contributed by atoms with van der Waals surface area (Å²) in [7, 11) is -3.41. The van der Waals surface area contributed by atoms with E-state index in [0.717, 1.165) is 18.8 Å². The molecule has 1 aliphatic rings. The second-order valence-electron chi connectivity index (χ2n) is 8.11. The van der Waals surface area contributed by atoms with Crippen molar-refractivity contribution < 1.29 is 13.2 Å². The van der Waals surface area contributed by atoms with Crippen molar-refractivity contribution >= 4 is 27.1 Å². The number of amides is 1. The lowest BCUT2D eigenvalue weighted by Crippen LogP contribution is -2.19. The zero-order chi connectivity index (χ0) is 21.8. The molecule has 1 fully saturated rings. The maximum absolute atomic E-state index is 12.6. The van der Waals surface area contributed by atoms with Gasteiger partial charge in [-0.2, -0.15) is 0 Å². The van der Waals surface area contributed by atoms with Crippen LogP contribution in [0.3, 0.4) is 0 Å². The molecule has 1 aliphatic heterocycles. The summed E-state index contributed by atoms with van der Waals surface area (Å²) >= 11 is 0. The molecule has 3 aromatic carbocycles. The second-order valence-corrected chi connectivity index (χ2v) is 10.1.